The molecule has 0 radical (unpaired) electrons. The Kier molecular flexibility index (Phi) is 5.20. The molecule has 9 heteroatoms. The fourth-order valence-electron chi connectivity index (χ4n) is 2.24. The average molecular weight is 374 g/mol. The lowest BCUT2D eigenvalue weighted by atomic mass is 10.2. The summed E-state index contributed by atoms with van der Waals surface area (Å²) in [6.07, 6.45) is 2.81. The molecule has 0 saturated heterocycles. The van der Waals surface area contributed by atoms with Gasteiger partial charge in [0, 0.05) is 6.20 Å². The minimum atomic E-state index is -1.69. The van der Waals surface area contributed by atoms with E-state index in [1.54, 1.807) is 12.1 Å². The fraction of sp³-hybridized carbons (Fsp3) is 0.0556. The van der Waals surface area contributed by atoms with Crippen LogP contribution in [0.4, 0.5) is 18.9 Å². The number of carbonyl (C=O) groups is 2. The average Bonchev–Trinajstić information content (AvgIpc) is 3.18. The van der Waals surface area contributed by atoms with Gasteiger partial charge in [0.15, 0.2) is 17.5 Å². The Morgan fingerprint density at radius 1 is 1.00 bits per heavy atom. The summed E-state index contributed by atoms with van der Waals surface area (Å²) in [5, 5.41) is 8.46. The zero-order chi connectivity index (χ0) is 19.4. The van der Waals surface area contributed by atoms with E-state index in [-0.39, 0.29) is 5.56 Å². The molecule has 1 heterocycles. The van der Waals surface area contributed by atoms with E-state index in [0.29, 0.717) is 6.07 Å². The predicted octanol–water partition coefficient (Wildman–Crippen LogP) is 2.66. The van der Waals surface area contributed by atoms with Crippen molar-refractivity contribution in [3.8, 4) is 5.69 Å². The number of amides is 2. The molecule has 0 aliphatic carbocycles. The van der Waals surface area contributed by atoms with Gasteiger partial charge in [-0.05, 0) is 24.3 Å². The lowest BCUT2D eigenvalue weighted by molar-refractivity contribution is -0.115. The second-order valence-corrected chi connectivity index (χ2v) is 5.46. The van der Waals surface area contributed by atoms with Crippen LogP contribution in [0.15, 0.2) is 54.9 Å². The summed E-state index contributed by atoms with van der Waals surface area (Å²) < 4.78 is 41.0. The maximum absolute atomic E-state index is 13.5. The minimum absolute atomic E-state index is 0.214. The minimum Gasteiger partial charge on any atom is -0.343 e. The van der Waals surface area contributed by atoms with E-state index in [4.69, 9.17) is 0 Å². The van der Waals surface area contributed by atoms with Gasteiger partial charge in [0.2, 0.25) is 5.91 Å². The molecule has 6 nitrogen and oxygen atoms in total. The van der Waals surface area contributed by atoms with Crippen LogP contribution in [0.25, 0.3) is 5.69 Å². The van der Waals surface area contributed by atoms with Crippen LogP contribution >= 0.6 is 0 Å². The quantitative estimate of drug-likeness (QED) is 0.674. The molecule has 0 aliphatic heterocycles. The van der Waals surface area contributed by atoms with Gasteiger partial charge in [-0.15, -0.1) is 0 Å². The number of carbonyl (C=O) groups excluding carboxylic acids is 2. The van der Waals surface area contributed by atoms with E-state index >= 15 is 0 Å². The van der Waals surface area contributed by atoms with Crippen molar-refractivity contribution in [3.05, 3.63) is 77.9 Å². The highest BCUT2D eigenvalue weighted by molar-refractivity contribution is 5.99. The van der Waals surface area contributed by atoms with Gasteiger partial charge in [-0.1, -0.05) is 18.2 Å². The summed E-state index contributed by atoms with van der Waals surface area (Å²) in [6, 6.07) is 10.7. The van der Waals surface area contributed by atoms with Gasteiger partial charge in [0.1, 0.15) is 0 Å². The third-order valence-corrected chi connectivity index (χ3v) is 3.58. The maximum atomic E-state index is 13.5. The molecule has 138 valence electrons. The number of benzene rings is 2. The highest BCUT2D eigenvalue weighted by Gasteiger charge is 2.16. The molecule has 27 heavy (non-hydrogen) atoms. The highest BCUT2D eigenvalue weighted by Crippen LogP contribution is 2.19. The first kappa shape index (κ1) is 18.2. The van der Waals surface area contributed by atoms with Gasteiger partial charge in [0.25, 0.3) is 5.91 Å². The molecule has 3 aromatic rings. The molecule has 3 rings (SSSR count). The SMILES string of the molecule is O=C(CNC(=O)c1cnn(-c2ccccc2)c1)Nc1ccc(F)c(F)c1F. The van der Waals surface area contributed by atoms with E-state index in [2.05, 4.69) is 15.7 Å². The first-order valence-electron chi connectivity index (χ1n) is 7.77. The number of hydrogen-bond acceptors (Lipinski definition) is 3. The lowest BCUT2D eigenvalue weighted by Gasteiger charge is -2.08. The van der Waals surface area contributed by atoms with Crippen molar-refractivity contribution in [2.75, 3.05) is 11.9 Å². The Hall–Kier alpha value is -3.62. The Morgan fingerprint density at radius 2 is 1.74 bits per heavy atom. The predicted molar refractivity (Wildman–Crippen MR) is 90.8 cm³/mol. The van der Waals surface area contributed by atoms with Crippen LogP contribution in [0.1, 0.15) is 10.4 Å². The summed E-state index contributed by atoms with van der Waals surface area (Å²) in [6.45, 7) is -0.492. The van der Waals surface area contributed by atoms with Crippen molar-refractivity contribution in [1.29, 1.82) is 0 Å². The zero-order valence-corrected chi connectivity index (χ0v) is 13.7. The van der Waals surface area contributed by atoms with Crippen LogP contribution in [0.5, 0.6) is 0 Å². The van der Waals surface area contributed by atoms with Crippen LogP contribution in [0.2, 0.25) is 0 Å². The largest absolute Gasteiger partial charge is 0.343 e. The van der Waals surface area contributed by atoms with E-state index in [1.165, 1.54) is 17.1 Å². The van der Waals surface area contributed by atoms with E-state index in [9.17, 15) is 22.8 Å². The smallest absolute Gasteiger partial charge is 0.254 e. The molecule has 0 atom stereocenters. The number of para-hydroxylation sites is 1. The molecule has 2 amide bonds. The van der Waals surface area contributed by atoms with E-state index in [0.717, 1.165) is 11.8 Å². The molecule has 0 bridgehead atoms. The van der Waals surface area contributed by atoms with Crippen molar-refractivity contribution in [2.45, 2.75) is 0 Å². The zero-order valence-electron chi connectivity index (χ0n) is 13.7. The Labute approximate surface area is 151 Å². The normalized spacial score (nSPS) is 10.5. The molecular weight excluding hydrogens is 361 g/mol. The van der Waals surface area contributed by atoms with Crippen LogP contribution < -0.4 is 10.6 Å². The summed E-state index contributed by atoms with van der Waals surface area (Å²) in [7, 11) is 0. The number of nitrogens with one attached hydrogen (secondary N) is 2. The van der Waals surface area contributed by atoms with Crippen LogP contribution in [0.3, 0.4) is 0 Å². The standard InChI is InChI=1S/C18H13F3N4O2/c19-13-6-7-14(17(21)16(13)20)24-15(26)9-22-18(27)11-8-23-25(10-11)12-4-2-1-3-5-12/h1-8,10H,9H2,(H,22,27)(H,24,26). The Bertz CT molecular complexity index is 990. The number of aromatic nitrogens is 2. The third-order valence-electron chi connectivity index (χ3n) is 3.58. The fourth-order valence-corrected chi connectivity index (χ4v) is 2.24. The van der Waals surface area contributed by atoms with E-state index in [1.807, 2.05) is 18.2 Å². The molecule has 0 aliphatic rings. The maximum Gasteiger partial charge on any atom is 0.254 e. The van der Waals surface area contributed by atoms with Crippen LogP contribution in [-0.2, 0) is 4.79 Å². The number of nitrogens with zero attached hydrogens (tertiary/aromatic N) is 2. The molecule has 1 aromatic heterocycles. The van der Waals surface area contributed by atoms with Crippen LogP contribution in [-0.4, -0.2) is 28.1 Å². The lowest BCUT2D eigenvalue weighted by Crippen LogP contribution is -2.33. The molecule has 0 spiro atoms. The van der Waals surface area contributed by atoms with E-state index < -0.39 is 41.5 Å². The van der Waals surface area contributed by atoms with Gasteiger partial charge >= 0.3 is 0 Å². The first-order valence-corrected chi connectivity index (χ1v) is 7.77. The van der Waals surface area contributed by atoms with Gasteiger partial charge in [-0.25, -0.2) is 17.9 Å². The molecule has 2 N–H and O–H groups in total. The van der Waals surface area contributed by atoms with Crippen molar-refractivity contribution in [1.82, 2.24) is 15.1 Å². The van der Waals surface area contributed by atoms with Crippen LogP contribution in [0, 0.1) is 17.5 Å². The van der Waals surface area contributed by atoms with Gasteiger partial charge in [0.05, 0.1) is 29.7 Å². The van der Waals surface area contributed by atoms with Crippen molar-refractivity contribution in [2.24, 2.45) is 0 Å². The van der Waals surface area contributed by atoms with Gasteiger partial charge in [-0.2, -0.15) is 5.10 Å². The topological polar surface area (TPSA) is 76.0 Å². The number of rotatable bonds is 5. The second kappa shape index (κ2) is 7.73. The highest BCUT2D eigenvalue weighted by atomic mass is 19.2. The Morgan fingerprint density at radius 3 is 2.48 bits per heavy atom. The summed E-state index contributed by atoms with van der Waals surface area (Å²) >= 11 is 0. The van der Waals surface area contributed by atoms with Crippen molar-refractivity contribution < 1.29 is 22.8 Å². The van der Waals surface area contributed by atoms with Crippen molar-refractivity contribution >= 4 is 17.5 Å². The van der Waals surface area contributed by atoms with Crippen molar-refractivity contribution in [3.63, 3.8) is 0 Å². The molecule has 2 aromatic carbocycles. The molecule has 0 saturated carbocycles. The number of halogens is 3. The number of anilines is 1. The Balaban J connectivity index is 1.59. The first-order chi connectivity index (χ1) is 13.0. The summed E-state index contributed by atoms with van der Waals surface area (Å²) in [4.78, 5) is 23.9. The molecular formula is C18H13F3N4O2. The summed E-state index contributed by atoms with van der Waals surface area (Å²) in [5.74, 6) is -5.94. The number of hydrogen-bond donors (Lipinski definition) is 2. The van der Waals surface area contributed by atoms with Gasteiger partial charge in [-0.3, -0.25) is 9.59 Å². The van der Waals surface area contributed by atoms with Gasteiger partial charge < -0.3 is 10.6 Å². The molecule has 0 unspecified atom stereocenters. The molecule has 0 fully saturated rings. The monoisotopic (exact) mass is 374 g/mol. The third kappa shape index (κ3) is 4.14. The second-order valence-electron chi connectivity index (χ2n) is 5.46. The summed E-state index contributed by atoms with van der Waals surface area (Å²) in [5.41, 5.74) is 0.443.